The van der Waals surface area contributed by atoms with E-state index < -0.39 is 10.0 Å². The van der Waals surface area contributed by atoms with Crippen molar-refractivity contribution in [3.8, 4) is 23.0 Å². The number of ether oxygens (including phenoxy) is 4. The van der Waals surface area contributed by atoms with Crippen LogP contribution in [0.5, 0.6) is 23.0 Å². The normalized spacial score (nSPS) is 13.7. The van der Waals surface area contributed by atoms with Crippen LogP contribution in [0.4, 0.5) is 5.69 Å². The summed E-state index contributed by atoms with van der Waals surface area (Å²) in [4.78, 5) is -0.0125. The molecule has 134 valence electrons. The molecule has 0 bridgehead atoms. The molecule has 8 heteroatoms. The molecule has 0 fully saturated rings. The third-order valence-corrected chi connectivity index (χ3v) is 5.06. The largest absolute Gasteiger partial charge is 0.497 e. The Labute approximate surface area is 146 Å². The van der Waals surface area contributed by atoms with Crippen molar-refractivity contribution < 1.29 is 27.4 Å². The number of benzene rings is 2. The lowest BCUT2D eigenvalue weighted by atomic mass is 10.3. The Morgan fingerprint density at radius 1 is 0.960 bits per heavy atom. The average molecular weight is 365 g/mol. The van der Waals surface area contributed by atoms with Crippen molar-refractivity contribution in [2.45, 2.75) is 11.3 Å². The molecule has 1 aliphatic rings. The minimum absolute atomic E-state index is 0.0125. The fraction of sp³-hybridized carbons (Fsp3) is 0.294. The summed E-state index contributed by atoms with van der Waals surface area (Å²) in [6.45, 7) is 1.09. The molecule has 1 N–H and O–H groups in total. The van der Waals surface area contributed by atoms with Crippen molar-refractivity contribution in [2.75, 3.05) is 32.2 Å². The SMILES string of the molecule is COc1ccc(OC)c(S(=O)(=O)Nc2ccc3c(c2)OCCCO3)c1. The number of hydrogen-bond acceptors (Lipinski definition) is 6. The van der Waals surface area contributed by atoms with Crippen molar-refractivity contribution >= 4 is 15.7 Å². The van der Waals surface area contributed by atoms with Crippen LogP contribution in [0, 0.1) is 0 Å². The molecule has 0 atom stereocenters. The number of sulfonamides is 1. The third-order valence-electron chi connectivity index (χ3n) is 3.66. The van der Waals surface area contributed by atoms with Gasteiger partial charge in [-0.2, -0.15) is 0 Å². The Balaban J connectivity index is 1.93. The predicted molar refractivity (Wildman–Crippen MR) is 92.4 cm³/mol. The molecule has 25 heavy (non-hydrogen) atoms. The van der Waals surface area contributed by atoms with Crippen molar-refractivity contribution in [2.24, 2.45) is 0 Å². The van der Waals surface area contributed by atoms with Gasteiger partial charge in [0.1, 0.15) is 16.4 Å². The lowest BCUT2D eigenvalue weighted by Gasteiger charge is -2.14. The summed E-state index contributed by atoms with van der Waals surface area (Å²) in [6, 6.07) is 9.49. The molecule has 0 unspecified atom stereocenters. The molecule has 0 saturated carbocycles. The molecule has 0 aliphatic carbocycles. The molecule has 1 aliphatic heterocycles. The zero-order valence-electron chi connectivity index (χ0n) is 13.9. The highest BCUT2D eigenvalue weighted by molar-refractivity contribution is 7.92. The second-order valence-electron chi connectivity index (χ2n) is 5.33. The van der Waals surface area contributed by atoms with Crippen LogP contribution in [-0.2, 0) is 10.0 Å². The number of rotatable bonds is 5. The van der Waals surface area contributed by atoms with E-state index in [0.717, 1.165) is 6.42 Å². The van der Waals surface area contributed by atoms with Gasteiger partial charge < -0.3 is 18.9 Å². The number of anilines is 1. The van der Waals surface area contributed by atoms with E-state index in [-0.39, 0.29) is 10.6 Å². The van der Waals surface area contributed by atoms with Gasteiger partial charge in [0.05, 0.1) is 33.1 Å². The molecule has 1 heterocycles. The van der Waals surface area contributed by atoms with E-state index in [0.29, 0.717) is 36.1 Å². The lowest BCUT2D eigenvalue weighted by molar-refractivity contribution is 0.297. The van der Waals surface area contributed by atoms with E-state index in [1.807, 2.05) is 0 Å². The summed E-state index contributed by atoms with van der Waals surface area (Å²) in [5.74, 6) is 1.75. The Bertz CT molecular complexity index is 865. The molecule has 0 radical (unpaired) electrons. The van der Waals surface area contributed by atoms with Crippen LogP contribution in [0.25, 0.3) is 0 Å². The summed E-state index contributed by atoms with van der Waals surface area (Å²) in [6.07, 6.45) is 0.775. The van der Waals surface area contributed by atoms with E-state index in [9.17, 15) is 8.42 Å². The average Bonchev–Trinajstić information content (AvgIpc) is 2.85. The molecule has 3 rings (SSSR count). The number of methoxy groups -OCH3 is 2. The van der Waals surface area contributed by atoms with Gasteiger partial charge in [0.15, 0.2) is 11.5 Å². The predicted octanol–water partition coefficient (Wildman–Crippen LogP) is 2.67. The highest BCUT2D eigenvalue weighted by Crippen LogP contribution is 2.34. The smallest absolute Gasteiger partial charge is 0.265 e. The molecule has 7 nitrogen and oxygen atoms in total. The van der Waals surface area contributed by atoms with Crippen LogP contribution in [0.2, 0.25) is 0 Å². The van der Waals surface area contributed by atoms with E-state index in [4.69, 9.17) is 18.9 Å². The molecular weight excluding hydrogens is 346 g/mol. The molecule has 2 aromatic rings. The molecule has 0 aromatic heterocycles. The minimum Gasteiger partial charge on any atom is -0.497 e. The van der Waals surface area contributed by atoms with Gasteiger partial charge in [0, 0.05) is 18.6 Å². The van der Waals surface area contributed by atoms with Crippen LogP contribution in [0.1, 0.15) is 6.42 Å². The second-order valence-corrected chi connectivity index (χ2v) is 6.99. The fourth-order valence-electron chi connectivity index (χ4n) is 2.43. The van der Waals surface area contributed by atoms with E-state index in [1.54, 1.807) is 30.3 Å². The first kappa shape index (κ1) is 17.2. The van der Waals surface area contributed by atoms with Gasteiger partial charge in [-0.15, -0.1) is 0 Å². The maximum absolute atomic E-state index is 12.8. The Morgan fingerprint density at radius 2 is 1.72 bits per heavy atom. The van der Waals surface area contributed by atoms with Gasteiger partial charge in [-0.05, 0) is 24.3 Å². The van der Waals surface area contributed by atoms with Gasteiger partial charge in [-0.25, -0.2) is 8.42 Å². The molecule has 0 amide bonds. The van der Waals surface area contributed by atoms with Crippen molar-refractivity contribution in [3.63, 3.8) is 0 Å². The summed E-state index contributed by atoms with van der Waals surface area (Å²) in [7, 11) is -0.997. The summed E-state index contributed by atoms with van der Waals surface area (Å²) < 4.78 is 49.5. The highest BCUT2D eigenvalue weighted by atomic mass is 32.2. The number of nitrogens with one attached hydrogen (secondary N) is 1. The third kappa shape index (κ3) is 3.74. The Hall–Kier alpha value is -2.61. The highest BCUT2D eigenvalue weighted by Gasteiger charge is 2.22. The second kappa shape index (κ2) is 7.10. The fourth-order valence-corrected chi connectivity index (χ4v) is 3.67. The first-order valence-corrected chi connectivity index (χ1v) is 9.16. The van der Waals surface area contributed by atoms with Gasteiger partial charge in [-0.3, -0.25) is 4.72 Å². The van der Waals surface area contributed by atoms with Crippen LogP contribution < -0.4 is 23.7 Å². The summed E-state index contributed by atoms with van der Waals surface area (Å²) in [5.41, 5.74) is 0.370. The molecule has 0 saturated heterocycles. The maximum atomic E-state index is 12.8. The zero-order chi connectivity index (χ0) is 17.9. The monoisotopic (exact) mass is 365 g/mol. The topological polar surface area (TPSA) is 83.1 Å². The first-order chi connectivity index (χ1) is 12.0. The van der Waals surface area contributed by atoms with Crippen molar-refractivity contribution in [1.29, 1.82) is 0 Å². The van der Waals surface area contributed by atoms with Gasteiger partial charge in [0.25, 0.3) is 10.0 Å². The lowest BCUT2D eigenvalue weighted by Crippen LogP contribution is -2.14. The van der Waals surface area contributed by atoms with Crippen molar-refractivity contribution in [3.05, 3.63) is 36.4 Å². The van der Waals surface area contributed by atoms with Gasteiger partial charge in [0.2, 0.25) is 0 Å². The molecular formula is C17H19NO6S. The Morgan fingerprint density at radius 3 is 2.44 bits per heavy atom. The summed E-state index contributed by atoms with van der Waals surface area (Å²) >= 11 is 0. The van der Waals surface area contributed by atoms with Gasteiger partial charge >= 0.3 is 0 Å². The van der Waals surface area contributed by atoms with Crippen LogP contribution in [-0.4, -0.2) is 35.9 Å². The van der Waals surface area contributed by atoms with Crippen LogP contribution >= 0.6 is 0 Å². The zero-order valence-corrected chi connectivity index (χ0v) is 14.8. The van der Waals surface area contributed by atoms with Gasteiger partial charge in [-0.1, -0.05) is 0 Å². The molecule has 2 aromatic carbocycles. The van der Waals surface area contributed by atoms with Crippen LogP contribution in [0.3, 0.4) is 0 Å². The maximum Gasteiger partial charge on any atom is 0.265 e. The van der Waals surface area contributed by atoms with E-state index in [1.165, 1.54) is 20.3 Å². The number of fused-ring (bicyclic) bond motifs is 1. The van der Waals surface area contributed by atoms with E-state index in [2.05, 4.69) is 4.72 Å². The van der Waals surface area contributed by atoms with Crippen molar-refractivity contribution in [1.82, 2.24) is 0 Å². The summed E-state index contributed by atoms with van der Waals surface area (Å²) in [5, 5.41) is 0. The Kier molecular flexibility index (Phi) is 4.89. The first-order valence-electron chi connectivity index (χ1n) is 7.68. The standard InChI is InChI=1S/C17H19NO6S/c1-21-13-5-7-15(22-2)17(11-13)25(19,20)18-12-4-6-14-16(10-12)24-9-3-8-23-14/h4-7,10-11,18H,3,8-9H2,1-2H3. The van der Waals surface area contributed by atoms with E-state index >= 15 is 0 Å². The quantitative estimate of drug-likeness (QED) is 0.877. The molecule has 0 spiro atoms. The number of hydrogen-bond donors (Lipinski definition) is 1. The minimum atomic E-state index is -3.88. The van der Waals surface area contributed by atoms with Crippen LogP contribution in [0.15, 0.2) is 41.3 Å².